The number of nitrogens with zero attached hydrogens (tertiary/aromatic N) is 2. The fraction of sp³-hybridized carbons (Fsp3) is 0. The lowest BCUT2D eigenvalue weighted by atomic mass is 9.86. The zero-order chi connectivity index (χ0) is 35.6. The molecular weight excluding hydrogens is 653 g/mol. The average Bonchev–Trinajstić information content (AvgIpc) is 3.25. The van der Waals surface area contributed by atoms with Crippen molar-refractivity contribution in [1.29, 1.82) is 0 Å². The summed E-state index contributed by atoms with van der Waals surface area (Å²) in [6.45, 7) is 0. The fourth-order valence-corrected chi connectivity index (χ4v) is 8.40. The molecule has 1 aromatic heterocycles. The van der Waals surface area contributed by atoms with Crippen LogP contribution < -0.4 is 0 Å². The SMILES string of the molecule is c1ccc2cc(-c3ncc4cc(-c5ccc(-c6cc7c8ccccc8c(-c8cccc9ccccc89)cc7c7ccccc67)cc5)ccc4n3)ccc2c1. The van der Waals surface area contributed by atoms with Crippen molar-refractivity contribution in [1.82, 2.24) is 9.97 Å². The van der Waals surface area contributed by atoms with E-state index in [9.17, 15) is 0 Å². The molecule has 10 aromatic carbocycles. The number of hydrogen-bond acceptors (Lipinski definition) is 2. The smallest absolute Gasteiger partial charge is 0.159 e. The standard InChI is InChI=1S/C52H32N2/c1-2-12-37-28-39(25-22-33(37)10-1)52-53-32-40-29-38(26-27-51(40)54-52)34-20-23-36(24-21-34)47-30-49-46-18-8-7-17-45(46)48(31-50(49)44-16-6-5-15-43(44)47)42-19-9-13-35-11-3-4-14-41(35)42/h1-32H. The zero-order valence-electron chi connectivity index (χ0n) is 29.4. The van der Waals surface area contributed by atoms with Crippen molar-refractivity contribution < 1.29 is 0 Å². The van der Waals surface area contributed by atoms with Gasteiger partial charge in [-0.25, -0.2) is 9.97 Å². The van der Waals surface area contributed by atoms with E-state index in [0.29, 0.717) is 0 Å². The van der Waals surface area contributed by atoms with Crippen molar-refractivity contribution in [3.05, 3.63) is 194 Å². The van der Waals surface area contributed by atoms with Crippen molar-refractivity contribution in [2.24, 2.45) is 0 Å². The normalized spacial score (nSPS) is 11.7. The lowest BCUT2D eigenvalue weighted by Gasteiger charge is -2.17. The maximum Gasteiger partial charge on any atom is 0.159 e. The monoisotopic (exact) mass is 684 g/mol. The van der Waals surface area contributed by atoms with Crippen LogP contribution in [0.25, 0.3) is 110 Å². The van der Waals surface area contributed by atoms with Crippen LogP contribution in [0.15, 0.2) is 194 Å². The van der Waals surface area contributed by atoms with Crippen LogP contribution in [-0.4, -0.2) is 9.97 Å². The third kappa shape index (κ3) is 4.96. The highest BCUT2D eigenvalue weighted by atomic mass is 14.9. The maximum atomic E-state index is 4.94. The molecule has 1 heterocycles. The molecule has 0 unspecified atom stereocenters. The van der Waals surface area contributed by atoms with Gasteiger partial charge < -0.3 is 0 Å². The molecule has 2 heteroatoms. The molecule has 0 spiro atoms. The van der Waals surface area contributed by atoms with E-state index in [1.807, 2.05) is 6.20 Å². The summed E-state index contributed by atoms with van der Waals surface area (Å²) in [5.74, 6) is 0.741. The molecule has 0 radical (unpaired) electrons. The first-order valence-corrected chi connectivity index (χ1v) is 18.5. The maximum absolute atomic E-state index is 4.94. The van der Waals surface area contributed by atoms with Gasteiger partial charge in [-0.15, -0.1) is 0 Å². The van der Waals surface area contributed by atoms with E-state index >= 15 is 0 Å². The molecule has 0 N–H and O–H groups in total. The van der Waals surface area contributed by atoms with Gasteiger partial charge in [-0.1, -0.05) is 158 Å². The summed E-state index contributed by atoms with van der Waals surface area (Å²) >= 11 is 0. The predicted molar refractivity (Wildman–Crippen MR) is 229 cm³/mol. The van der Waals surface area contributed by atoms with Gasteiger partial charge >= 0.3 is 0 Å². The summed E-state index contributed by atoms with van der Waals surface area (Å²) in [6, 6.07) is 68.2. The van der Waals surface area contributed by atoms with Crippen molar-refractivity contribution in [3.8, 4) is 44.8 Å². The molecule has 0 atom stereocenters. The highest BCUT2D eigenvalue weighted by Crippen LogP contribution is 2.43. The minimum Gasteiger partial charge on any atom is -0.236 e. The summed E-state index contributed by atoms with van der Waals surface area (Å²) in [4.78, 5) is 9.71. The third-order valence-electron chi connectivity index (χ3n) is 11.1. The molecule has 0 aliphatic carbocycles. The van der Waals surface area contributed by atoms with Gasteiger partial charge in [0.15, 0.2) is 5.82 Å². The molecule has 0 aliphatic heterocycles. The molecule has 250 valence electrons. The Bertz CT molecular complexity index is 3260. The molecule has 54 heavy (non-hydrogen) atoms. The Hall–Kier alpha value is -7.16. The first-order chi connectivity index (χ1) is 26.7. The number of benzene rings is 10. The van der Waals surface area contributed by atoms with Crippen LogP contribution in [0.2, 0.25) is 0 Å². The van der Waals surface area contributed by atoms with E-state index in [2.05, 4.69) is 188 Å². The highest BCUT2D eigenvalue weighted by Gasteiger charge is 2.16. The molecule has 0 fully saturated rings. The van der Waals surface area contributed by atoms with Gasteiger partial charge in [0.25, 0.3) is 0 Å². The van der Waals surface area contributed by atoms with Gasteiger partial charge in [0.1, 0.15) is 0 Å². The van der Waals surface area contributed by atoms with E-state index < -0.39 is 0 Å². The second-order valence-electron chi connectivity index (χ2n) is 14.2. The van der Waals surface area contributed by atoms with Crippen LogP contribution in [0.3, 0.4) is 0 Å². The highest BCUT2D eigenvalue weighted by molar-refractivity contribution is 6.24. The Balaban J connectivity index is 0.997. The van der Waals surface area contributed by atoms with Gasteiger partial charge in [-0.05, 0) is 118 Å². The second kappa shape index (κ2) is 12.2. The molecule has 11 aromatic rings. The Morgan fingerprint density at radius 3 is 1.61 bits per heavy atom. The van der Waals surface area contributed by atoms with Crippen molar-refractivity contribution in [3.63, 3.8) is 0 Å². The van der Waals surface area contributed by atoms with Crippen LogP contribution in [0.5, 0.6) is 0 Å². The van der Waals surface area contributed by atoms with E-state index in [1.165, 1.54) is 76.1 Å². The minimum atomic E-state index is 0.741. The van der Waals surface area contributed by atoms with Crippen molar-refractivity contribution in [2.45, 2.75) is 0 Å². The number of hydrogen-bond donors (Lipinski definition) is 0. The molecule has 0 bridgehead atoms. The fourth-order valence-electron chi connectivity index (χ4n) is 8.40. The summed E-state index contributed by atoms with van der Waals surface area (Å²) in [6.07, 6.45) is 1.95. The Morgan fingerprint density at radius 1 is 0.278 bits per heavy atom. The summed E-state index contributed by atoms with van der Waals surface area (Å²) in [5.41, 5.74) is 9.23. The summed E-state index contributed by atoms with van der Waals surface area (Å²) < 4.78 is 0. The molecule has 0 saturated carbocycles. The lowest BCUT2D eigenvalue weighted by Crippen LogP contribution is -1.91. The molecule has 0 aliphatic rings. The van der Waals surface area contributed by atoms with Crippen LogP contribution in [-0.2, 0) is 0 Å². The molecule has 0 amide bonds. The second-order valence-corrected chi connectivity index (χ2v) is 14.2. The summed E-state index contributed by atoms with van der Waals surface area (Å²) in [7, 11) is 0. The van der Waals surface area contributed by atoms with Crippen LogP contribution >= 0.6 is 0 Å². The molecule has 11 rings (SSSR count). The van der Waals surface area contributed by atoms with E-state index in [4.69, 9.17) is 9.97 Å². The molecule has 0 saturated heterocycles. The van der Waals surface area contributed by atoms with Gasteiger partial charge in [0.05, 0.1) is 5.52 Å². The van der Waals surface area contributed by atoms with E-state index in [0.717, 1.165) is 33.4 Å². The van der Waals surface area contributed by atoms with Crippen LogP contribution in [0, 0.1) is 0 Å². The average molecular weight is 685 g/mol. The van der Waals surface area contributed by atoms with Gasteiger partial charge in [0, 0.05) is 17.1 Å². The van der Waals surface area contributed by atoms with E-state index in [-0.39, 0.29) is 0 Å². The Kier molecular flexibility index (Phi) is 6.90. The quantitative estimate of drug-likeness (QED) is 0.172. The van der Waals surface area contributed by atoms with Gasteiger partial charge in [-0.2, -0.15) is 0 Å². The predicted octanol–water partition coefficient (Wildman–Crippen LogP) is 14.1. The zero-order valence-corrected chi connectivity index (χ0v) is 29.4. The Morgan fingerprint density at radius 2 is 0.833 bits per heavy atom. The van der Waals surface area contributed by atoms with Crippen molar-refractivity contribution in [2.75, 3.05) is 0 Å². The van der Waals surface area contributed by atoms with Crippen molar-refractivity contribution >= 4 is 64.8 Å². The first-order valence-electron chi connectivity index (χ1n) is 18.5. The Labute approximate surface area is 312 Å². The molecular formula is C52H32N2. The molecule has 2 nitrogen and oxygen atoms in total. The minimum absolute atomic E-state index is 0.741. The number of fused-ring (bicyclic) bond motifs is 8. The van der Waals surface area contributed by atoms with Gasteiger partial charge in [-0.3, -0.25) is 0 Å². The largest absolute Gasteiger partial charge is 0.236 e. The van der Waals surface area contributed by atoms with Crippen LogP contribution in [0.4, 0.5) is 0 Å². The van der Waals surface area contributed by atoms with Gasteiger partial charge in [0.2, 0.25) is 0 Å². The summed E-state index contributed by atoms with van der Waals surface area (Å²) in [5, 5.41) is 13.5. The lowest BCUT2D eigenvalue weighted by molar-refractivity contribution is 1.23. The third-order valence-corrected chi connectivity index (χ3v) is 11.1. The van der Waals surface area contributed by atoms with E-state index in [1.54, 1.807) is 0 Å². The van der Waals surface area contributed by atoms with Crippen LogP contribution in [0.1, 0.15) is 0 Å². The number of rotatable bonds is 4. The topological polar surface area (TPSA) is 25.8 Å². The number of aromatic nitrogens is 2. The first kappa shape index (κ1) is 30.5.